The zero-order chi connectivity index (χ0) is 16.9. The van der Waals surface area contributed by atoms with Crippen LogP contribution in [0.15, 0.2) is 18.2 Å². The molecule has 2 fully saturated rings. The normalized spacial score (nSPS) is 22.8. The second-order valence-electron chi connectivity index (χ2n) is 6.87. The lowest BCUT2D eigenvalue weighted by Gasteiger charge is -2.35. The van der Waals surface area contributed by atoms with Gasteiger partial charge in [-0.2, -0.15) is 0 Å². The minimum absolute atomic E-state index is 0.183. The van der Waals surface area contributed by atoms with Crippen molar-refractivity contribution >= 4 is 5.91 Å². The number of amides is 1. The van der Waals surface area contributed by atoms with E-state index in [0.29, 0.717) is 32.9 Å². The SMILES string of the molecule is Cc1ccc(CN2CCN(CCC3COCCO3)CC2=O)cc1C. The Kier molecular flexibility index (Phi) is 5.87. The Hall–Kier alpha value is -1.43. The Morgan fingerprint density at radius 2 is 2.04 bits per heavy atom. The van der Waals surface area contributed by atoms with Crippen molar-refractivity contribution in [3.63, 3.8) is 0 Å². The number of nitrogens with zero attached hydrogens (tertiary/aromatic N) is 2. The lowest BCUT2D eigenvalue weighted by atomic mass is 10.1. The smallest absolute Gasteiger partial charge is 0.237 e. The fraction of sp³-hybridized carbons (Fsp3) is 0.632. The molecule has 0 bridgehead atoms. The number of hydrogen-bond acceptors (Lipinski definition) is 4. The van der Waals surface area contributed by atoms with Gasteiger partial charge >= 0.3 is 0 Å². The van der Waals surface area contributed by atoms with Gasteiger partial charge in [0.1, 0.15) is 0 Å². The number of benzene rings is 1. The van der Waals surface area contributed by atoms with E-state index in [9.17, 15) is 4.79 Å². The Morgan fingerprint density at radius 3 is 2.75 bits per heavy atom. The standard InChI is InChI=1S/C19H28N2O3/c1-15-3-4-17(11-16(15)2)12-21-8-7-20(13-19(21)22)6-5-18-14-23-9-10-24-18/h3-4,11,18H,5-10,12-14H2,1-2H3. The van der Waals surface area contributed by atoms with Gasteiger partial charge in [-0.1, -0.05) is 18.2 Å². The van der Waals surface area contributed by atoms with Crippen LogP contribution in [0.2, 0.25) is 0 Å². The Bertz CT molecular complexity index is 570. The first-order valence-electron chi connectivity index (χ1n) is 8.87. The molecule has 2 aliphatic rings. The van der Waals surface area contributed by atoms with E-state index in [2.05, 4.69) is 36.9 Å². The lowest BCUT2D eigenvalue weighted by Crippen LogP contribution is -2.50. The molecule has 5 heteroatoms. The van der Waals surface area contributed by atoms with Crippen molar-refractivity contribution in [3.05, 3.63) is 34.9 Å². The van der Waals surface area contributed by atoms with Crippen molar-refractivity contribution < 1.29 is 14.3 Å². The van der Waals surface area contributed by atoms with E-state index in [0.717, 1.165) is 26.1 Å². The molecule has 0 aliphatic carbocycles. The van der Waals surface area contributed by atoms with Crippen LogP contribution in [-0.2, 0) is 20.8 Å². The first-order valence-corrected chi connectivity index (χ1v) is 8.87. The van der Waals surface area contributed by atoms with Gasteiger partial charge in [0.05, 0.1) is 32.5 Å². The summed E-state index contributed by atoms with van der Waals surface area (Å²) in [7, 11) is 0. The van der Waals surface area contributed by atoms with Crippen LogP contribution >= 0.6 is 0 Å². The van der Waals surface area contributed by atoms with Crippen molar-refractivity contribution in [2.45, 2.75) is 32.9 Å². The van der Waals surface area contributed by atoms with E-state index in [4.69, 9.17) is 9.47 Å². The van der Waals surface area contributed by atoms with Crippen LogP contribution in [0.4, 0.5) is 0 Å². The molecule has 1 amide bonds. The van der Waals surface area contributed by atoms with Crippen LogP contribution in [-0.4, -0.2) is 67.8 Å². The first-order chi connectivity index (χ1) is 11.6. The van der Waals surface area contributed by atoms with Gasteiger partial charge in [-0.25, -0.2) is 0 Å². The molecule has 1 aromatic carbocycles. The topological polar surface area (TPSA) is 42.0 Å². The largest absolute Gasteiger partial charge is 0.376 e. The van der Waals surface area contributed by atoms with Gasteiger partial charge in [0, 0.05) is 26.2 Å². The molecule has 1 unspecified atom stereocenters. The third-order valence-electron chi connectivity index (χ3n) is 4.99. The first kappa shape index (κ1) is 17.4. The average molecular weight is 332 g/mol. The van der Waals surface area contributed by atoms with Gasteiger partial charge in [0.25, 0.3) is 0 Å². The summed E-state index contributed by atoms with van der Waals surface area (Å²) >= 11 is 0. The van der Waals surface area contributed by atoms with Crippen molar-refractivity contribution in [2.24, 2.45) is 0 Å². The van der Waals surface area contributed by atoms with Gasteiger partial charge in [-0.05, 0) is 37.0 Å². The Balaban J connectivity index is 1.46. The molecule has 0 radical (unpaired) electrons. The molecule has 2 heterocycles. The highest BCUT2D eigenvalue weighted by Gasteiger charge is 2.25. The highest BCUT2D eigenvalue weighted by molar-refractivity contribution is 5.79. The maximum atomic E-state index is 12.4. The summed E-state index contributed by atoms with van der Waals surface area (Å²) in [6, 6.07) is 6.45. The zero-order valence-electron chi connectivity index (χ0n) is 14.8. The summed E-state index contributed by atoms with van der Waals surface area (Å²) in [6.45, 7) is 10.2. The van der Waals surface area contributed by atoms with Crippen molar-refractivity contribution in [2.75, 3.05) is 46.0 Å². The number of aryl methyl sites for hydroxylation is 2. The van der Waals surface area contributed by atoms with Gasteiger partial charge in [0.2, 0.25) is 5.91 Å². The van der Waals surface area contributed by atoms with E-state index in [1.165, 1.54) is 16.7 Å². The molecular weight excluding hydrogens is 304 g/mol. The second-order valence-corrected chi connectivity index (χ2v) is 6.87. The maximum absolute atomic E-state index is 12.4. The van der Waals surface area contributed by atoms with Crippen molar-refractivity contribution in [1.82, 2.24) is 9.80 Å². The summed E-state index contributed by atoms with van der Waals surface area (Å²) in [4.78, 5) is 16.6. The van der Waals surface area contributed by atoms with Crippen molar-refractivity contribution in [1.29, 1.82) is 0 Å². The van der Waals surface area contributed by atoms with E-state index in [1.807, 2.05) is 4.90 Å². The number of rotatable bonds is 5. The average Bonchev–Trinajstić information content (AvgIpc) is 2.59. The fourth-order valence-corrected chi connectivity index (χ4v) is 3.27. The van der Waals surface area contributed by atoms with Gasteiger partial charge < -0.3 is 14.4 Å². The second kappa shape index (κ2) is 8.10. The summed E-state index contributed by atoms with van der Waals surface area (Å²) in [5.41, 5.74) is 3.80. The molecular formula is C19H28N2O3. The summed E-state index contributed by atoms with van der Waals surface area (Å²) < 4.78 is 11.1. The highest BCUT2D eigenvalue weighted by Crippen LogP contribution is 2.15. The summed E-state index contributed by atoms with van der Waals surface area (Å²) in [5, 5.41) is 0. The van der Waals surface area contributed by atoms with E-state index in [-0.39, 0.29) is 12.0 Å². The molecule has 0 aromatic heterocycles. The predicted molar refractivity (Wildman–Crippen MR) is 92.9 cm³/mol. The van der Waals surface area contributed by atoms with Crippen LogP contribution in [0, 0.1) is 13.8 Å². The molecule has 2 aliphatic heterocycles. The quantitative estimate of drug-likeness (QED) is 0.824. The molecule has 0 spiro atoms. The summed E-state index contributed by atoms with van der Waals surface area (Å²) in [5.74, 6) is 0.222. The lowest BCUT2D eigenvalue weighted by molar-refractivity contribution is -0.137. The third-order valence-corrected chi connectivity index (χ3v) is 4.99. The van der Waals surface area contributed by atoms with Crippen LogP contribution in [0.1, 0.15) is 23.1 Å². The van der Waals surface area contributed by atoms with E-state index >= 15 is 0 Å². The molecule has 132 valence electrons. The molecule has 1 atom stereocenters. The third kappa shape index (κ3) is 4.56. The van der Waals surface area contributed by atoms with E-state index < -0.39 is 0 Å². The fourth-order valence-electron chi connectivity index (χ4n) is 3.27. The minimum atomic E-state index is 0.183. The van der Waals surface area contributed by atoms with Crippen LogP contribution in [0.25, 0.3) is 0 Å². The highest BCUT2D eigenvalue weighted by atomic mass is 16.6. The molecule has 3 rings (SSSR count). The molecule has 2 saturated heterocycles. The van der Waals surface area contributed by atoms with Crippen molar-refractivity contribution in [3.8, 4) is 0 Å². The molecule has 0 saturated carbocycles. The maximum Gasteiger partial charge on any atom is 0.237 e. The minimum Gasteiger partial charge on any atom is -0.376 e. The summed E-state index contributed by atoms with van der Waals surface area (Å²) in [6.07, 6.45) is 1.12. The molecule has 5 nitrogen and oxygen atoms in total. The van der Waals surface area contributed by atoms with Crippen LogP contribution in [0.3, 0.4) is 0 Å². The predicted octanol–water partition coefficient (Wildman–Crippen LogP) is 1.75. The van der Waals surface area contributed by atoms with E-state index in [1.54, 1.807) is 0 Å². The van der Waals surface area contributed by atoms with Gasteiger partial charge in [0.15, 0.2) is 0 Å². The molecule has 1 aromatic rings. The number of piperazine rings is 1. The Morgan fingerprint density at radius 1 is 1.17 bits per heavy atom. The number of carbonyl (C=O) groups is 1. The number of hydrogen-bond donors (Lipinski definition) is 0. The number of ether oxygens (including phenoxy) is 2. The van der Waals surface area contributed by atoms with Gasteiger partial charge in [-0.15, -0.1) is 0 Å². The Labute approximate surface area is 144 Å². The van der Waals surface area contributed by atoms with Crippen LogP contribution < -0.4 is 0 Å². The molecule has 24 heavy (non-hydrogen) atoms. The zero-order valence-corrected chi connectivity index (χ0v) is 14.8. The van der Waals surface area contributed by atoms with Gasteiger partial charge in [-0.3, -0.25) is 9.69 Å². The number of carbonyl (C=O) groups excluding carboxylic acids is 1. The molecule has 0 N–H and O–H groups in total. The van der Waals surface area contributed by atoms with Crippen LogP contribution in [0.5, 0.6) is 0 Å². The monoisotopic (exact) mass is 332 g/mol.